The van der Waals surface area contributed by atoms with Crippen molar-refractivity contribution in [3.8, 4) is 0 Å². The molecular formula is C19H27N5. The standard InChI is InChI=1S/C19H27N5/c1-15-11-16(8-9-20-15)12-21-17-5-4-10-24(14-17)18-6-7-19(22-13-18)23(2)3/h6-9,11,13,17,21H,4-5,10,12,14H2,1-3H3/t17-/m0/s1. The number of pyridine rings is 2. The Bertz CT molecular complexity index is 653. The van der Waals surface area contributed by atoms with Crippen molar-refractivity contribution in [2.45, 2.75) is 32.4 Å². The largest absolute Gasteiger partial charge is 0.369 e. The number of anilines is 2. The van der Waals surface area contributed by atoms with Crippen LogP contribution >= 0.6 is 0 Å². The molecule has 1 fully saturated rings. The molecule has 3 heterocycles. The molecule has 3 rings (SSSR count). The van der Waals surface area contributed by atoms with Gasteiger partial charge in [-0.1, -0.05) is 0 Å². The van der Waals surface area contributed by atoms with E-state index in [-0.39, 0.29) is 0 Å². The Hall–Kier alpha value is -2.14. The van der Waals surface area contributed by atoms with Crippen LogP contribution < -0.4 is 15.1 Å². The van der Waals surface area contributed by atoms with Gasteiger partial charge >= 0.3 is 0 Å². The number of aryl methyl sites for hydroxylation is 1. The Morgan fingerprint density at radius 3 is 2.83 bits per heavy atom. The van der Waals surface area contributed by atoms with Crippen LogP contribution in [0.1, 0.15) is 24.1 Å². The molecule has 0 spiro atoms. The highest BCUT2D eigenvalue weighted by Crippen LogP contribution is 2.21. The second-order valence-electron chi connectivity index (χ2n) is 6.74. The zero-order chi connectivity index (χ0) is 16.9. The maximum Gasteiger partial charge on any atom is 0.128 e. The van der Waals surface area contributed by atoms with Gasteiger partial charge in [0, 0.05) is 51.7 Å². The van der Waals surface area contributed by atoms with Gasteiger partial charge in [-0.15, -0.1) is 0 Å². The summed E-state index contributed by atoms with van der Waals surface area (Å²) in [5.74, 6) is 0.999. The predicted octanol–water partition coefficient (Wildman–Crippen LogP) is 2.61. The van der Waals surface area contributed by atoms with Crippen LogP contribution in [0.2, 0.25) is 0 Å². The van der Waals surface area contributed by atoms with E-state index in [0.29, 0.717) is 6.04 Å². The van der Waals surface area contributed by atoms with Gasteiger partial charge < -0.3 is 15.1 Å². The van der Waals surface area contributed by atoms with Gasteiger partial charge in [0.2, 0.25) is 0 Å². The molecule has 2 aromatic heterocycles. The van der Waals surface area contributed by atoms with Crippen molar-refractivity contribution in [3.63, 3.8) is 0 Å². The molecule has 0 unspecified atom stereocenters. The number of nitrogens with zero attached hydrogens (tertiary/aromatic N) is 4. The van der Waals surface area contributed by atoms with E-state index in [2.05, 4.69) is 44.5 Å². The van der Waals surface area contributed by atoms with Crippen LogP contribution in [-0.4, -0.2) is 43.2 Å². The van der Waals surface area contributed by atoms with Crippen molar-refractivity contribution in [2.24, 2.45) is 0 Å². The van der Waals surface area contributed by atoms with Gasteiger partial charge in [0.05, 0.1) is 11.9 Å². The molecule has 0 aliphatic carbocycles. The average Bonchev–Trinajstić information content (AvgIpc) is 2.60. The SMILES string of the molecule is Cc1cc(CN[C@H]2CCCN(c3ccc(N(C)C)nc3)C2)ccn1. The molecule has 24 heavy (non-hydrogen) atoms. The number of aromatic nitrogens is 2. The lowest BCUT2D eigenvalue weighted by atomic mass is 10.0. The van der Waals surface area contributed by atoms with Crippen LogP contribution in [0.3, 0.4) is 0 Å². The molecule has 5 nitrogen and oxygen atoms in total. The van der Waals surface area contributed by atoms with Crippen molar-refractivity contribution >= 4 is 11.5 Å². The molecule has 0 radical (unpaired) electrons. The summed E-state index contributed by atoms with van der Waals surface area (Å²) in [6, 6.07) is 9.02. The van der Waals surface area contributed by atoms with E-state index in [0.717, 1.165) is 31.1 Å². The van der Waals surface area contributed by atoms with Crippen LogP contribution in [0.25, 0.3) is 0 Å². The molecular weight excluding hydrogens is 298 g/mol. The Kier molecular flexibility index (Phi) is 5.30. The molecule has 0 aromatic carbocycles. The Morgan fingerprint density at radius 1 is 1.25 bits per heavy atom. The molecule has 1 aliphatic heterocycles. The van der Waals surface area contributed by atoms with E-state index in [1.165, 1.54) is 24.1 Å². The molecule has 0 saturated carbocycles. The fourth-order valence-electron chi connectivity index (χ4n) is 3.18. The van der Waals surface area contributed by atoms with Crippen LogP contribution in [0.4, 0.5) is 11.5 Å². The summed E-state index contributed by atoms with van der Waals surface area (Å²) < 4.78 is 0. The van der Waals surface area contributed by atoms with E-state index >= 15 is 0 Å². The van der Waals surface area contributed by atoms with Crippen molar-refractivity contribution in [1.29, 1.82) is 0 Å². The lowest BCUT2D eigenvalue weighted by Gasteiger charge is -2.35. The first-order valence-corrected chi connectivity index (χ1v) is 8.65. The third-order valence-corrected chi connectivity index (χ3v) is 4.53. The maximum absolute atomic E-state index is 4.54. The first-order chi connectivity index (χ1) is 11.6. The number of piperidine rings is 1. The third kappa shape index (κ3) is 4.23. The van der Waals surface area contributed by atoms with E-state index in [9.17, 15) is 0 Å². The summed E-state index contributed by atoms with van der Waals surface area (Å²) in [7, 11) is 4.04. The summed E-state index contributed by atoms with van der Waals surface area (Å²) >= 11 is 0. The third-order valence-electron chi connectivity index (χ3n) is 4.53. The van der Waals surface area contributed by atoms with Crippen molar-refractivity contribution < 1.29 is 0 Å². The Morgan fingerprint density at radius 2 is 2.12 bits per heavy atom. The highest BCUT2D eigenvalue weighted by atomic mass is 15.2. The van der Waals surface area contributed by atoms with E-state index < -0.39 is 0 Å². The molecule has 1 aliphatic rings. The maximum atomic E-state index is 4.54. The zero-order valence-electron chi connectivity index (χ0n) is 14.9. The second kappa shape index (κ2) is 7.62. The molecule has 1 atom stereocenters. The first kappa shape index (κ1) is 16.7. The number of hydrogen-bond donors (Lipinski definition) is 1. The average molecular weight is 325 g/mol. The number of hydrogen-bond acceptors (Lipinski definition) is 5. The van der Waals surface area contributed by atoms with Gasteiger partial charge in [-0.2, -0.15) is 0 Å². The lowest BCUT2D eigenvalue weighted by Crippen LogP contribution is -2.45. The molecule has 0 amide bonds. The monoisotopic (exact) mass is 325 g/mol. The summed E-state index contributed by atoms with van der Waals surface area (Å²) in [6.07, 6.45) is 6.31. The summed E-state index contributed by atoms with van der Waals surface area (Å²) in [5.41, 5.74) is 3.59. The Balaban J connectivity index is 1.57. The molecule has 2 aromatic rings. The van der Waals surface area contributed by atoms with E-state index in [1.54, 1.807) is 0 Å². The normalized spacial score (nSPS) is 17.8. The summed E-state index contributed by atoms with van der Waals surface area (Å²) in [5, 5.41) is 3.70. The van der Waals surface area contributed by atoms with E-state index in [4.69, 9.17) is 0 Å². The zero-order valence-corrected chi connectivity index (χ0v) is 14.9. The summed E-state index contributed by atoms with van der Waals surface area (Å²) in [4.78, 5) is 13.3. The minimum atomic E-state index is 0.515. The van der Waals surface area contributed by atoms with Gasteiger partial charge in [0.1, 0.15) is 5.82 Å². The molecule has 0 bridgehead atoms. The Labute approximate surface area is 144 Å². The molecule has 5 heteroatoms. The minimum absolute atomic E-state index is 0.515. The molecule has 128 valence electrons. The highest BCUT2D eigenvalue weighted by molar-refractivity contribution is 5.50. The van der Waals surface area contributed by atoms with Gasteiger partial charge in [0.15, 0.2) is 0 Å². The quantitative estimate of drug-likeness (QED) is 0.915. The number of nitrogens with one attached hydrogen (secondary N) is 1. The second-order valence-corrected chi connectivity index (χ2v) is 6.74. The van der Waals surface area contributed by atoms with E-state index in [1.807, 2.05) is 38.3 Å². The van der Waals surface area contributed by atoms with Crippen molar-refractivity contribution in [2.75, 3.05) is 37.0 Å². The van der Waals surface area contributed by atoms with Gasteiger partial charge in [-0.25, -0.2) is 4.98 Å². The van der Waals surface area contributed by atoms with Crippen LogP contribution in [-0.2, 0) is 6.54 Å². The molecule has 1 N–H and O–H groups in total. The smallest absolute Gasteiger partial charge is 0.128 e. The van der Waals surface area contributed by atoms with Crippen LogP contribution in [0.5, 0.6) is 0 Å². The van der Waals surface area contributed by atoms with Gasteiger partial charge in [-0.05, 0) is 49.6 Å². The van der Waals surface area contributed by atoms with Crippen molar-refractivity contribution in [1.82, 2.24) is 15.3 Å². The fourth-order valence-corrected chi connectivity index (χ4v) is 3.18. The van der Waals surface area contributed by atoms with Crippen molar-refractivity contribution in [3.05, 3.63) is 47.9 Å². The first-order valence-electron chi connectivity index (χ1n) is 8.65. The van der Waals surface area contributed by atoms with Gasteiger partial charge in [-0.3, -0.25) is 4.98 Å². The fraction of sp³-hybridized carbons (Fsp3) is 0.474. The molecule has 1 saturated heterocycles. The summed E-state index contributed by atoms with van der Waals surface area (Å²) in [6.45, 7) is 5.08. The van der Waals surface area contributed by atoms with Gasteiger partial charge in [0.25, 0.3) is 0 Å². The predicted molar refractivity (Wildman–Crippen MR) is 99.6 cm³/mol. The topological polar surface area (TPSA) is 44.3 Å². The van der Waals surface area contributed by atoms with Crippen LogP contribution in [0, 0.1) is 6.92 Å². The lowest BCUT2D eigenvalue weighted by molar-refractivity contribution is 0.421. The van der Waals surface area contributed by atoms with Crippen LogP contribution in [0.15, 0.2) is 36.7 Å². The number of rotatable bonds is 5. The minimum Gasteiger partial charge on any atom is -0.369 e. The highest BCUT2D eigenvalue weighted by Gasteiger charge is 2.20.